The molecule has 1 fully saturated rings. The summed E-state index contributed by atoms with van der Waals surface area (Å²) in [5.74, 6) is 0.544. The summed E-state index contributed by atoms with van der Waals surface area (Å²) >= 11 is 0. The summed E-state index contributed by atoms with van der Waals surface area (Å²) in [6.45, 7) is 3.42. The third-order valence-corrected chi connectivity index (χ3v) is 4.48. The molecule has 1 aliphatic heterocycles. The summed E-state index contributed by atoms with van der Waals surface area (Å²) in [6, 6.07) is 12.5. The van der Waals surface area contributed by atoms with Gasteiger partial charge in [-0.1, -0.05) is 11.2 Å². The predicted molar refractivity (Wildman–Crippen MR) is 92.2 cm³/mol. The lowest BCUT2D eigenvalue weighted by atomic mass is 10.1. The van der Waals surface area contributed by atoms with Gasteiger partial charge in [-0.25, -0.2) is 4.39 Å². The minimum Gasteiger partial charge on any atom is -0.359 e. The van der Waals surface area contributed by atoms with Crippen LogP contribution in [-0.4, -0.2) is 34.7 Å². The zero-order valence-corrected chi connectivity index (χ0v) is 13.7. The molecular weight excluding hydrogens is 319 g/mol. The molecule has 25 heavy (non-hydrogen) atoms. The molecule has 1 aliphatic rings. The van der Waals surface area contributed by atoms with Crippen LogP contribution in [0.3, 0.4) is 0 Å². The summed E-state index contributed by atoms with van der Waals surface area (Å²) in [5, 5.41) is 7.56. The highest BCUT2D eigenvalue weighted by molar-refractivity contribution is 5.58. The van der Waals surface area contributed by atoms with Crippen molar-refractivity contribution in [2.24, 2.45) is 0 Å². The second-order valence-electron chi connectivity index (χ2n) is 6.16. The van der Waals surface area contributed by atoms with Crippen molar-refractivity contribution in [2.75, 3.05) is 19.6 Å². The molecule has 2 aromatic heterocycles. The largest absolute Gasteiger partial charge is 0.359 e. The third-order valence-electron chi connectivity index (χ3n) is 4.48. The fourth-order valence-electron chi connectivity index (χ4n) is 3.18. The Hall–Kier alpha value is -2.57. The number of rotatable bonds is 4. The van der Waals surface area contributed by atoms with E-state index in [0.717, 1.165) is 36.7 Å². The second-order valence-corrected chi connectivity index (χ2v) is 6.16. The van der Waals surface area contributed by atoms with Crippen LogP contribution in [0.4, 0.5) is 4.39 Å². The van der Waals surface area contributed by atoms with E-state index in [-0.39, 0.29) is 11.9 Å². The van der Waals surface area contributed by atoms with Crippen LogP contribution in [0, 0.1) is 5.82 Å². The maximum Gasteiger partial charge on any atom is 0.151 e. The van der Waals surface area contributed by atoms with Gasteiger partial charge in [0.25, 0.3) is 0 Å². The first-order valence-electron chi connectivity index (χ1n) is 8.36. The Kier molecular flexibility index (Phi) is 4.54. The Balaban J connectivity index is 1.51. The van der Waals surface area contributed by atoms with Gasteiger partial charge in [0.05, 0.1) is 6.54 Å². The number of nitrogens with zero attached hydrogens (tertiary/aromatic N) is 3. The Morgan fingerprint density at radius 3 is 2.92 bits per heavy atom. The minimum absolute atomic E-state index is 0.252. The molecule has 1 saturated heterocycles. The Morgan fingerprint density at radius 1 is 1.24 bits per heavy atom. The third kappa shape index (κ3) is 3.60. The van der Waals surface area contributed by atoms with Gasteiger partial charge in [0.2, 0.25) is 0 Å². The molecule has 128 valence electrons. The smallest absolute Gasteiger partial charge is 0.151 e. The van der Waals surface area contributed by atoms with E-state index in [2.05, 4.69) is 26.4 Å². The van der Waals surface area contributed by atoms with Crippen LogP contribution >= 0.6 is 0 Å². The van der Waals surface area contributed by atoms with Crippen LogP contribution in [0.2, 0.25) is 0 Å². The summed E-state index contributed by atoms with van der Waals surface area (Å²) in [5.41, 5.74) is 2.76. The van der Waals surface area contributed by atoms with Gasteiger partial charge in [0, 0.05) is 49.7 Å². The Morgan fingerprint density at radius 2 is 2.12 bits per heavy atom. The van der Waals surface area contributed by atoms with E-state index >= 15 is 0 Å². The summed E-state index contributed by atoms with van der Waals surface area (Å²) in [7, 11) is 0. The lowest BCUT2D eigenvalue weighted by molar-refractivity contribution is 0.138. The number of piperazine rings is 1. The molecular formula is C19H19FN4O. The van der Waals surface area contributed by atoms with Crippen LogP contribution in [0.1, 0.15) is 17.4 Å². The minimum atomic E-state index is -0.257. The molecule has 1 atom stereocenters. The quantitative estimate of drug-likeness (QED) is 0.792. The summed E-state index contributed by atoms with van der Waals surface area (Å²) < 4.78 is 18.6. The van der Waals surface area contributed by atoms with Crippen molar-refractivity contribution in [1.82, 2.24) is 20.4 Å². The first-order chi connectivity index (χ1) is 12.3. The zero-order valence-electron chi connectivity index (χ0n) is 13.7. The average molecular weight is 338 g/mol. The van der Waals surface area contributed by atoms with Crippen LogP contribution in [-0.2, 0) is 6.54 Å². The molecule has 0 amide bonds. The van der Waals surface area contributed by atoms with Crippen LogP contribution in [0.25, 0.3) is 11.3 Å². The fourth-order valence-corrected chi connectivity index (χ4v) is 3.18. The molecule has 5 nitrogen and oxygen atoms in total. The van der Waals surface area contributed by atoms with E-state index in [1.807, 2.05) is 18.3 Å². The lowest BCUT2D eigenvalue weighted by Gasteiger charge is -2.35. The van der Waals surface area contributed by atoms with E-state index < -0.39 is 0 Å². The van der Waals surface area contributed by atoms with Crippen LogP contribution < -0.4 is 5.32 Å². The maximum atomic E-state index is 13.1. The molecule has 1 unspecified atom stereocenters. The lowest BCUT2D eigenvalue weighted by Crippen LogP contribution is -2.45. The van der Waals surface area contributed by atoms with Crippen molar-refractivity contribution in [2.45, 2.75) is 12.6 Å². The van der Waals surface area contributed by atoms with Gasteiger partial charge in [-0.15, -0.1) is 0 Å². The molecule has 0 radical (unpaired) electrons. The molecule has 0 bridgehead atoms. The first kappa shape index (κ1) is 15.9. The predicted octanol–water partition coefficient (Wildman–Crippen LogP) is 3.02. The molecule has 0 aliphatic carbocycles. The van der Waals surface area contributed by atoms with Crippen LogP contribution in [0.15, 0.2) is 59.4 Å². The summed E-state index contributed by atoms with van der Waals surface area (Å²) in [6.07, 6.45) is 3.70. The number of aromatic nitrogens is 2. The highest BCUT2D eigenvalue weighted by atomic mass is 19.1. The Labute approximate surface area is 145 Å². The number of pyridine rings is 1. The van der Waals surface area contributed by atoms with E-state index in [1.54, 1.807) is 18.3 Å². The second kappa shape index (κ2) is 7.13. The molecule has 6 heteroatoms. The molecule has 1 N–H and O–H groups in total. The van der Waals surface area contributed by atoms with E-state index in [9.17, 15) is 4.39 Å². The SMILES string of the molecule is Fc1ccc(-c2cc(CN3CCNCC3c3cccnc3)on2)cc1. The topological polar surface area (TPSA) is 54.2 Å². The number of halogens is 1. The maximum absolute atomic E-state index is 13.1. The Bertz CT molecular complexity index is 819. The molecule has 3 aromatic rings. The monoisotopic (exact) mass is 338 g/mol. The highest BCUT2D eigenvalue weighted by Crippen LogP contribution is 2.25. The van der Waals surface area contributed by atoms with Crippen molar-refractivity contribution >= 4 is 0 Å². The fraction of sp³-hybridized carbons (Fsp3) is 0.263. The van der Waals surface area contributed by atoms with Gasteiger partial charge in [0.15, 0.2) is 5.76 Å². The van der Waals surface area contributed by atoms with Crippen molar-refractivity contribution < 1.29 is 8.91 Å². The number of benzene rings is 1. The standard InChI is InChI=1S/C19H19FN4O/c20-16-5-3-14(4-6-16)18-10-17(25-23-18)13-24-9-8-22-12-19(24)15-2-1-7-21-11-15/h1-7,10-11,19,22H,8-9,12-13H2. The highest BCUT2D eigenvalue weighted by Gasteiger charge is 2.25. The average Bonchev–Trinajstić information content (AvgIpc) is 3.12. The summed E-state index contributed by atoms with van der Waals surface area (Å²) in [4.78, 5) is 6.59. The van der Waals surface area contributed by atoms with E-state index in [4.69, 9.17) is 4.52 Å². The van der Waals surface area contributed by atoms with Crippen molar-refractivity contribution in [1.29, 1.82) is 0 Å². The molecule has 3 heterocycles. The number of hydrogen-bond acceptors (Lipinski definition) is 5. The van der Waals surface area contributed by atoms with Gasteiger partial charge in [-0.05, 0) is 35.9 Å². The van der Waals surface area contributed by atoms with E-state index in [0.29, 0.717) is 6.54 Å². The number of nitrogens with one attached hydrogen (secondary N) is 1. The van der Waals surface area contributed by atoms with Gasteiger partial charge in [0.1, 0.15) is 11.5 Å². The first-order valence-corrected chi connectivity index (χ1v) is 8.36. The van der Waals surface area contributed by atoms with Crippen LogP contribution in [0.5, 0.6) is 0 Å². The molecule has 0 saturated carbocycles. The van der Waals surface area contributed by atoms with Gasteiger partial charge >= 0.3 is 0 Å². The molecule has 0 spiro atoms. The van der Waals surface area contributed by atoms with Gasteiger partial charge in [-0.3, -0.25) is 9.88 Å². The van der Waals surface area contributed by atoms with E-state index in [1.165, 1.54) is 17.7 Å². The normalized spacial score (nSPS) is 18.4. The zero-order chi connectivity index (χ0) is 17.1. The van der Waals surface area contributed by atoms with Gasteiger partial charge in [-0.2, -0.15) is 0 Å². The van der Waals surface area contributed by atoms with Crippen molar-refractivity contribution in [3.63, 3.8) is 0 Å². The van der Waals surface area contributed by atoms with Crippen molar-refractivity contribution in [3.8, 4) is 11.3 Å². The molecule has 4 rings (SSSR count). The van der Waals surface area contributed by atoms with Crippen molar-refractivity contribution in [3.05, 3.63) is 72.0 Å². The number of hydrogen-bond donors (Lipinski definition) is 1. The molecule has 1 aromatic carbocycles. The van der Waals surface area contributed by atoms with Gasteiger partial charge < -0.3 is 9.84 Å².